The molecule has 4 nitrogen and oxygen atoms in total. The van der Waals surface area contributed by atoms with Crippen molar-refractivity contribution in [2.24, 2.45) is 5.73 Å². The summed E-state index contributed by atoms with van der Waals surface area (Å²) < 4.78 is 1.96. The molecule has 2 aromatic heterocycles. The van der Waals surface area contributed by atoms with Gasteiger partial charge in [-0.3, -0.25) is 0 Å². The second kappa shape index (κ2) is 3.40. The van der Waals surface area contributed by atoms with E-state index in [1.165, 1.54) is 0 Å². The van der Waals surface area contributed by atoms with E-state index in [4.69, 9.17) is 10.8 Å². The van der Waals surface area contributed by atoms with Crippen LogP contribution in [0.15, 0.2) is 24.5 Å². The lowest BCUT2D eigenvalue weighted by Crippen LogP contribution is -2.14. The first-order valence-corrected chi connectivity index (χ1v) is 4.52. The molecular weight excluding hydrogens is 178 g/mol. The van der Waals surface area contributed by atoms with Crippen molar-refractivity contribution >= 4 is 5.52 Å². The molecular formula is C10H13N3O. The highest BCUT2D eigenvalue weighted by molar-refractivity contribution is 5.47. The van der Waals surface area contributed by atoms with Crippen molar-refractivity contribution < 1.29 is 5.11 Å². The highest BCUT2D eigenvalue weighted by atomic mass is 16.3. The van der Waals surface area contributed by atoms with E-state index in [0.29, 0.717) is 0 Å². The number of nitrogens with two attached hydrogens (primary N) is 1. The van der Waals surface area contributed by atoms with E-state index in [1.54, 1.807) is 0 Å². The van der Waals surface area contributed by atoms with Gasteiger partial charge in [0, 0.05) is 6.20 Å². The molecule has 1 unspecified atom stereocenters. The number of aliphatic hydroxyl groups excluding tert-OH is 1. The number of rotatable bonds is 2. The Morgan fingerprint density at radius 3 is 3.07 bits per heavy atom. The lowest BCUT2D eigenvalue weighted by Gasteiger charge is -2.08. The second-order valence-corrected chi connectivity index (χ2v) is 3.35. The molecule has 14 heavy (non-hydrogen) atoms. The highest BCUT2D eigenvalue weighted by Crippen LogP contribution is 2.13. The molecule has 3 N–H and O–H groups in total. The summed E-state index contributed by atoms with van der Waals surface area (Å²) in [5, 5.41) is 8.93. The van der Waals surface area contributed by atoms with Gasteiger partial charge in [-0.15, -0.1) is 0 Å². The Kier molecular flexibility index (Phi) is 2.23. The highest BCUT2D eigenvalue weighted by Gasteiger charge is 2.06. The number of aromatic nitrogens is 2. The summed E-state index contributed by atoms with van der Waals surface area (Å²) in [6, 6.07) is 3.54. The minimum absolute atomic E-state index is 0.0424. The van der Waals surface area contributed by atoms with E-state index >= 15 is 0 Å². The van der Waals surface area contributed by atoms with Crippen LogP contribution in [0, 0.1) is 6.92 Å². The zero-order valence-corrected chi connectivity index (χ0v) is 8.01. The molecule has 0 saturated carbocycles. The van der Waals surface area contributed by atoms with Crippen molar-refractivity contribution in [2.45, 2.75) is 13.0 Å². The predicted molar refractivity (Wildman–Crippen MR) is 53.9 cm³/mol. The molecule has 4 heteroatoms. The van der Waals surface area contributed by atoms with Gasteiger partial charge in [0.05, 0.1) is 24.4 Å². The summed E-state index contributed by atoms with van der Waals surface area (Å²) in [7, 11) is 0. The second-order valence-electron chi connectivity index (χ2n) is 3.35. The first-order valence-electron chi connectivity index (χ1n) is 4.52. The van der Waals surface area contributed by atoms with Gasteiger partial charge in [0.2, 0.25) is 0 Å². The van der Waals surface area contributed by atoms with Crippen molar-refractivity contribution in [3.8, 4) is 0 Å². The molecule has 0 bridgehead atoms. The van der Waals surface area contributed by atoms with Crippen LogP contribution in [0.5, 0.6) is 0 Å². The summed E-state index contributed by atoms with van der Waals surface area (Å²) >= 11 is 0. The standard InChI is InChI=1S/C10H13N3O/c1-7-12-4-9-3-2-8(5-13(7)9)10(11)6-14/h2-5,10,14H,6,11H2,1H3. The van der Waals surface area contributed by atoms with Crippen molar-refractivity contribution in [3.05, 3.63) is 35.9 Å². The van der Waals surface area contributed by atoms with Crippen LogP contribution in [0.1, 0.15) is 17.4 Å². The number of aliphatic hydroxyl groups is 1. The molecule has 0 radical (unpaired) electrons. The Morgan fingerprint density at radius 1 is 1.57 bits per heavy atom. The number of hydrogen-bond donors (Lipinski definition) is 2. The molecule has 0 aromatic carbocycles. The van der Waals surface area contributed by atoms with E-state index < -0.39 is 0 Å². The Labute approximate surface area is 82.0 Å². The lowest BCUT2D eigenvalue weighted by molar-refractivity contribution is 0.267. The first-order chi connectivity index (χ1) is 6.72. The molecule has 0 amide bonds. The molecule has 74 valence electrons. The number of pyridine rings is 1. The van der Waals surface area contributed by atoms with Crippen LogP contribution in [0.2, 0.25) is 0 Å². The Morgan fingerprint density at radius 2 is 2.36 bits per heavy atom. The largest absolute Gasteiger partial charge is 0.394 e. The fourth-order valence-corrected chi connectivity index (χ4v) is 1.46. The minimum Gasteiger partial charge on any atom is -0.394 e. The van der Waals surface area contributed by atoms with E-state index in [1.807, 2.05) is 35.9 Å². The van der Waals surface area contributed by atoms with E-state index in [2.05, 4.69) is 4.98 Å². The molecule has 2 aromatic rings. The molecule has 0 aliphatic heterocycles. The molecule has 0 aliphatic carbocycles. The van der Waals surface area contributed by atoms with Crippen LogP contribution >= 0.6 is 0 Å². The monoisotopic (exact) mass is 191 g/mol. The first kappa shape index (κ1) is 9.18. The van der Waals surface area contributed by atoms with E-state index in [0.717, 1.165) is 16.9 Å². The van der Waals surface area contributed by atoms with Gasteiger partial charge in [-0.05, 0) is 18.6 Å². The number of fused-ring (bicyclic) bond motifs is 1. The van der Waals surface area contributed by atoms with Crippen LogP contribution < -0.4 is 5.73 Å². The van der Waals surface area contributed by atoms with Gasteiger partial charge >= 0.3 is 0 Å². The maximum Gasteiger partial charge on any atom is 0.110 e. The van der Waals surface area contributed by atoms with Gasteiger partial charge in [0.15, 0.2) is 0 Å². The number of aryl methyl sites for hydroxylation is 1. The van der Waals surface area contributed by atoms with Gasteiger partial charge in [0.1, 0.15) is 5.82 Å². The summed E-state index contributed by atoms with van der Waals surface area (Å²) in [6.45, 7) is 1.89. The molecule has 0 spiro atoms. The zero-order valence-electron chi connectivity index (χ0n) is 8.01. The van der Waals surface area contributed by atoms with Crippen LogP contribution in [0.25, 0.3) is 5.52 Å². The summed E-state index contributed by atoms with van der Waals surface area (Å²) in [5.41, 5.74) is 7.68. The Hall–Kier alpha value is -1.39. The van der Waals surface area contributed by atoms with Gasteiger partial charge in [-0.2, -0.15) is 0 Å². The number of nitrogens with zero attached hydrogens (tertiary/aromatic N) is 2. The fraction of sp³-hybridized carbons (Fsp3) is 0.300. The van der Waals surface area contributed by atoms with Crippen molar-refractivity contribution in [3.63, 3.8) is 0 Å². The smallest absolute Gasteiger partial charge is 0.110 e. The average Bonchev–Trinajstić information content (AvgIpc) is 2.59. The predicted octanol–water partition coefficient (Wildman–Crippen LogP) is 0.635. The number of hydrogen-bond acceptors (Lipinski definition) is 3. The fourth-order valence-electron chi connectivity index (χ4n) is 1.46. The van der Waals surface area contributed by atoms with Gasteiger partial charge < -0.3 is 15.2 Å². The van der Waals surface area contributed by atoms with Crippen LogP contribution in [-0.4, -0.2) is 21.1 Å². The molecule has 0 fully saturated rings. The molecule has 2 heterocycles. The van der Waals surface area contributed by atoms with Crippen molar-refractivity contribution in [2.75, 3.05) is 6.61 Å². The maximum atomic E-state index is 8.93. The summed E-state index contributed by atoms with van der Waals surface area (Å²) in [4.78, 5) is 4.18. The van der Waals surface area contributed by atoms with Crippen molar-refractivity contribution in [1.29, 1.82) is 0 Å². The van der Waals surface area contributed by atoms with Gasteiger partial charge in [-0.1, -0.05) is 6.07 Å². The maximum absolute atomic E-state index is 8.93. The van der Waals surface area contributed by atoms with E-state index in [-0.39, 0.29) is 12.6 Å². The topological polar surface area (TPSA) is 63.5 Å². The summed E-state index contributed by atoms with van der Waals surface area (Å²) in [6.07, 6.45) is 3.72. The normalized spacial score (nSPS) is 13.4. The molecule has 0 saturated heterocycles. The van der Waals surface area contributed by atoms with Crippen LogP contribution in [0.4, 0.5) is 0 Å². The minimum atomic E-state index is -0.318. The van der Waals surface area contributed by atoms with Crippen molar-refractivity contribution in [1.82, 2.24) is 9.38 Å². The van der Waals surface area contributed by atoms with Crippen LogP contribution in [0.3, 0.4) is 0 Å². The molecule has 0 aliphatic rings. The summed E-state index contributed by atoms with van der Waals surface area (Å²) in [5.74, 6) is 0.923. The van der Waals surface area contributed by atoms with Gasteiger partial charge in [-0.25, -0.2) is 4.98 Å². The molecule has 1 atom stereocenters. The Balaban J connectivity index is 2.54. The third kappa shape index (κ3) is 1.38. The average molecular weight is 191 g/mol. The van der Waals surface area contributed by atoms with Crippen LogP contribution in [-0.2, 0) is 0 Å². The third-order valence-corrected chi connectivity index (χ3v) is 2.36. The SMILES string of the molecule is Cc1ncc2ccc(C(N)CO)cn12. The zero-order chi connectivity index (χ0) is 10.1. The third-order valence-electron chi connectivity index (χ3n) is 2.36. The lowest BCUT2D eigenvalue weighted by atomic mass is 10.1. The number of imidazole rings is 1. The quantitative estimate of drug-likeness (QED) is 0.732. The Bertz CT molecular complexity index is 450. The van der Waals surface area contributed by atoms with Gasteiger partial charge in [0.25, 0.3) is 0 Å². The molecule has 2 rings (SSSR count). The van der Waals surface area contributed by atoms with E-state index in [9.17, 15) is 0 Å².